The average Bonchev–Trinajstić information content (AvgIpc) is 3.29. The van der Waals surface area contributed by atoms with Crippen LogP contribution in [0.3, 0.4) is 0 Å². The van der Waals surface area contributed by atoms with Gasteiger partial charge in [-0.2, -0.15) is 0 Å². The second kappa shape index (κ2) is 9.42. The third-order valence-corrected chi connectivity index (χ3v) is 5.78. The number of hydrogen-bond donors (Lipinski definition) is 3. The summed E-state index contributed by atoms with van der Waals surface area (Å²) in [6.07, 6.45) is 1.08. The summed E-state index contributed by atoms with van der Waals surface area (Å²) in [5.41, 5.74) is 0.959. The van der Waals surface area contributed by atoms with Crippen LogP contribution in [0.25, 0.3) is 0 Å². The van der Waals surface area contributed by atoms with Crippen molar-refractivity contribution in [2.24, 2.45) is 0 Å². The van der Waals surface area contributed by atoms with Crippen LogP contribution in [-0.2, 0) is 21.5 Å². The van der Waals surface area contributed by atoms with Crippen LogP contribution in [0.15, 0.2) is 42.5 Å². The van der Waals surface area contributed by atoms with Gasteiger partial charge in [0.05, 0.1) is 13.2 Å². The zero-order valence-corrected chi connectivity index (χ0v) is 19.0. The van der Waals surface area contributed by atoms with Crippen molar-refractivity contribution in [3.8, 4) is 11.5 Å². The first-order valence-electron chi connectivity index (χ1n) is 11.1. The summed E-state index contributed by atoms with van der Waals surface area (Å²) < 4.78 is 11.0. The molecule has 1 fully saturated rings. The van der Waals surface area contributed by atoms with E-state index >= 15 is 0 Å². The Morgan fingerprint density at radius 2 is 1.79 bits per heavy atom. The van der Waals surface area contributed by atoms with Gasteiger partial charge >= 0.3 is 12.1 Å². The quantitative estimate of drug-likeness (QED) is 0.539. The summed E-state index contributed by atoms with van der Waals surface area (Å²) >= 11 is 0. The minimum Gasteiger partial charge on any atom is -0.490 e. The van der Waals surface area contributed by atoms with Crippen LogP contribution < -0.4 is 25.4 Å². The van der Waals surface area contributed by atoms with E-state index < -0.39 is 36.0 Å². The van der Waals surface area contributed by atoms with Crippen molar-refractivity contribution in [3.63, 3.8) is 0 Å². The van der Waals surface area contributed by atoms with E-state index in [0.717, 1.165) is 16.0 Å². The van der Waals surface area contributed by atoms with E-state index in [1.54, 1.807) is 18.2 Å². The van der Waals surface area contributed by atoms with Crippen LogP contribution in [0.2, 0.25) is 0 Å². The molecular weight excluding hydrogens is 440 g/mol. The lowest BCUT2D eigenvalue weighted by molar-refractivity contribution is -0.135. The second-order valence-corrected chi connectivity index (χ2v) is 7.91. The van der Waals surface area contributed by atoms with Crippen molar-refractivity contribution in [1.82, 2.24) is 15.5 Å². The van der Waals surface area contributed by atoms with Crippen molar-refractivity contribution in [2.45, 2.75) is 32.2 Å². The molecule has 10 heteroatoms. The van der Waals surface area contributed by atoms with Crippen LogP contribution in [-0.4, -0.2) is 48.5 Å². The number of aryl methyl sites for hydroxylation is 1. The maximum absolute atomic E-state index is 13.1. The molecule has 3 N–H and O–H groups in total. The van der Waals surface area contributed by atoms with Gasteiger partial charge in [-0.05, 0) is 49.9 Å². The highest BCUT2D eigenvalue weighted by atomic mass is 16.5. The molecule has 0 unspecified atom stereocenters. The van der Waals surface area contributed by atoms with Crippen molar-refractivity contribution in [2.75, 3.05) is 25.1 Å². The molecule has 34 heavy (non-hydrogen) atoms. The zero-order chi connectivity index (χ0) is 24.3. The Labute approximate surface area is 196 Å². The third kappa shape index (κ3) is 4.26. The number of fused-ring (bicyclic) bond motifs is 2. The van der Waals surface area contributed by atoms with Crippen molar-refractivity contribution < 1.29 is 28.7 Å². The molecule has 1 aliphatic heterocycles. The maximum atomic E-state index is 13.1. The molecule has 2 aliphatic rings. The van der Waals surface area contributed by atoms with Gasteiger partial charge in [0.2, 0.25) is 5.91 Å². The molecule has 178 valence electrons. The molecule has 0 saturated carbocycles. The van der Waals surface area contributed by atoms with Crippen molar-refractivity contribution in [1.29, 1.82) is 0 Å². The maximum Gasteiger partial charge on any atom is 0.325 e. The Hall–Kier alpha value is -4.08. The number of benzene rings is 2. The molecule has 4 rings (SSSR count). The number of ether oxygens (including phenoxy) is 2. The molecule has 1 atom stereocenters. The summed E-state index contributed by atoms with van der Waals surface area (Å²) in [4.78, 5) is 51.3. The molecule has 0 bridgehead atoms. The number of carbonyl (C=O) groups is 4. The number of hydrogen-bond acceptors (Lipinski definition) is 6. The Morgan fingerprint density at radius 3 is 2.56 bits per heavy atom. The Bertz CT molecular complexity index is 1150. The standard InChI is InChI=1S/C24H26N4O6/c1-3-33-18-10-9-16(13-19(18)34-4-2)25-22(31)26-20(29)14-28-21(30)24(27-23(28)32)12-11-15-7-5-6-8-17(15)24/h5-10,13H,3-4,11-12,14H2,1-2H3,(H,27,32)(H2,25,26,29,31)/t24-/m0/s1. The van der Waals surface area contributed by atoms with E-state index in [9.17, 15) is 19.2 Å². The fourth-order valence-electron chi connectivity index (χ4n) is 4.33. The molecule has 2 aromatic carbocycles. The molecule has 10 nitrogen and oxygen atoms in total. The third-order valence-electron chi connectivity index (χ3n) is 5.78. The predicted octanol–water partition coefficient (Wildman–Crippen LogP) is 2.53. The highest BCUT2D eigenvalue weighted by molar-refractivity contribution is 6.11. The van der Waals surface area contributed by atoms with Gasteiger partial charge in [-0.1, -0.05) is 24.3 Å². The van der Waals surface area contributed by atoms with Crippen LogP contribution in [0, 0.1) is 0 Å². The lowest BCUT2D eigenvalue weighted by atomic mass is 9.92. The Kier molecular flexibility index (Phi) is 6.40. The number of urea groups is 2. The van der Waals surface area contributed by atoms with Crippen molar-refractivity contribution >= 4 is 29.6 Å². The lowest BCUT2D eigenvalue weighted by Gasteiger charge is -2.22. The molecule has 1 saturated heterocycles. The van der Waals surface area contributed by atoms with Gasteiger partial charge < -0.3 is 20.1 Å². The monoisotopic (exact) mass is 466 g/mol. The molecule has 1 aliphatic carbocycles. The minimum atomic E-state index is -1.16. The average molecular weight is 466 g/mol. The van der Waals surface area contributed by atoms with Crippen LogP contribution in [0.5, 0.6) is 11.5 Å². The number of anilines is 1. The summed E-state index contributed by atoms with van der Waals surface area (Å²) in [5, 5.41) is 7.44. The summed E-state index contributed by atoms with van der Waals surface area (Å²) in [7, 11) is 0. The Balaban J connectivity index is 1.39. The first kappa shape index (κ1) is 23.1. The summed E-state index contributed by atoms with van der Waals surface area (Å²) in [5.74, 6) is -0.298. The number of amides is 6. The van der Waals surface area contributed by atoms with E-state index in [-0.39, 0.29) is 0 Å². The minimum absolute atomic E-state index is 0.383. The fraction of sp³-hybridized carbons (Fsp3) is 0.333. The number of nitrogens with one attached hydrogen (secondary N) is 3. The molecule has 1 heterocycles. The van der Waals surface area contributed by atoms with Gasteiger partial charge in [-0.25, -0.2) is 9.59 Å². The largest absolute Gasteiger partial charge is 0.490 e. The number of rotatable bonds is 7. The zero-order valence-electron chi connectivity index (χ0n) is 19.0. The fourth-order valence-corrected chi connectivity index (χ4v) is 4.33. The summed E-state index contributed by atoms with van der Waals surface area (Å²) in [6.45, 7) is 3.96. The number of carbonyl (C=O) groups excluding carboxylic acids is 4. The molecule has 2 aromatic rings. The highest BCUT2D eigenvalue weighted by Crippen LogP contribution is 2.41. The Morgan fingerprint density at radius 1 is 1.06 bits per heavy atom. The van der Waals surface area contributed by atoms with Gasteiger partial charge in [0.1, 0.15) is 12.1 Å². The van der Waals surface area contributed by atoms with Gasteiger partial charge in [0.15, 0.2) is 11.5 Å². The molecular formula is C24H26N4O6. The van der Waals surface area contributed by atoms with Crippen LogP contribution >= 0.6 is 0 Å². The van der Waals surface area contributed by atoms with E-state index in [1.807, 2.05) is 38.1 Å². The van der Waals surface area contributed by atoms with Crippen LogP contribution in [0.4, 0.5) is 15.3 Å². The summed E-state index contributed by atoms with van der Waals surface area (Å²) in [6, 6.07) is 10.8. The van der Waals surface area contributed by atoms with E-state index in [1.165, 1.54) is 0 Å². The number of nitrogens with zero attached hydrogens (tertiary/aromatic N) is 1. The molecule has 0 aromatic heterocycles. The first-order chi connectivity index (χ1) is 16.4. The highest BCUT2D eigenvalue weighted by Gasteiger charge is 2.55. The normalized spacial score (nSPS) is 18.5. The molecule has 0 radical (unpaired) electrons. The predicted molar refractivity (Wildman–Crippen MR) is 123 cm³/mol. The lowest BCUT2D eigenvalue weighted by Crippen LogP contribution is -2.45. The molecule has 1 spiro atoms. The van der Waals surface area contributed by atoms with E-state index in [0.29, 0.717) is 43.2 Å². The van der Waals surface area contributed by atoms with E-state index in [2.05, 4.69) is 16.0 Å². The second-order valence-electron chi connectivity index (χ2n) is 7.91. The van der Waals surface area contributed by atoms with Gasteiger partial charge in [-0.15, -0.1) is 0 Å². The van der Waals surface area contributed by atoms with Crippen LogP contribution in [0.1, 0.15) is 31.4 Å². The number of imide groups is 2. The van der Waals surface area contributed by atoms with E-state index in [4.69, 9.17) is 9.47 Å². The van der Waals surface area contributed by atoms with Gasteiger partial charge in [0.25, 0.3) is 5.91 Å². The SMILES string of the molecule is CCOc1ccc(NC(=O)NC(=O)CN2C(=O)N[C@]3(CCc4ccccc43)C2=O)cc1OCC. The van der Waals surface area contributed by atoms with Crippen molar-refractivity contribution in [3.05, 3.63) is 53.6 Å². The first-order valence-corrected chi connectivity index (χ1v) is 11.1. The molecule has 6 amide bonds. The topological polar surface area (TPSA) is 126 Å². The van der Waals surface area contributed by atoms with Gasteiger partial charge in [-0.3, -0.25) is 19.8 Å². The smallest absolute Gasteiger partial charge is 0.325 e. The van der Waals surface area contributed by atoms with Gasteiger partial charge in [0, 0.05) is 11.8 Å².